The van der Waals surface area contributed by atoms with E-state index >= 15 is 0 Å². The van der Waals surface area contributed by atoms with E-state index in [1.165, 1.54) is 11.8 Å². The first-order valence-corrected chi connectivity index (χ1v) is 10.8. The molecule has 1 fully saturated rings. The molecule has 4 heterocycles. The van der Waals surface area contributed by atoms with Crippen molar-refractivity contribution < 1.29 is 9.13 Å². The van der Waals surface area contributed by atoms with Gasteiger partial charge in [0.2, 0.25) is 0 Å². The third-order valence-corrected chi connectivity index (χ3v) is 5.66. The van der Waals surface area contributed by atoms with Gasteiger partial charge in [0.1, 0.15) is 5.65 Å². The summed E-state index contributed by atoms with van der Waals surface area (Å²) in [4.78, 5) is 18.2. The SMILES string of the molecule is Fc1cnc(-c2c[nH]c3ncc(Cl)cc23)nc1NCC1CN(Cc2ccccc2)CCO1. The summed E-state index contributed by atoms with van der Waals surface area (Å²) in [6.07, 6.45) is 4.41. The third kappa shape index (κ3) is 4.57. The van der Waals surface area contributed by atoms with Crippen molar-refractivity contribution in [3.05, 3.63) is 71.4 Å². The number of aromatic nitrogens is 4. The molecule has 1 saturated heterocycles. The number of nitrogens with zero attached hydrogens (tertiary/aromatic N) is 4. The minimum Gasteiger partial charge on any atom is -0.374 e. The number of anilines is 1. The Hall–Kier alpha value is -3.07. The zero-order chi connectivity index (χ0) is 21.9. The Kier molecular flexibility index (Phi) is 5.98. The number of aromatic amines is 1. The molecule has 32 heavy (non-hydrogen) atoms. The highest BCUT2D eigenvalue weighted by molar-refractivity contribution is 6.31. The molecule has 0 saturated carbocycles. The maximum Gasteiger partial charge on any atom is 0.183 e. The van der Waals surface area contributed by atoms with E-state index in [0.717, 1.165) is 25.0 Å². The number of pyridine rings is 1. The van der Waals surface area contributed by atoms with Gasteiger partial charge in [0.05, 0.1) is 23.9 Å². The molecular formula is C23H22ClFN6O. The van der Waals surface area contributed by atoms with Crippen LogP contribution in [0.5, 0.6) is 0 Å². The van der Waals surface area contributed by atoms with Crippen LogP contribution in [0.2, 0.25) is 5.02 Å². The van der Waals surface area contributed by atoms with Crippen molar-refractivity contribution in [3.8, 4) is 11.4 Å². The fourth-order valence-corrected chi connectivity index (χ4v) is 4.04. The molecule has 1 aliphatic rings. The van der Waals surface area contributed by atoms with Gasteiger partial charge in [-0.05, 0) is 11.6 Å². The van der Waals surface area contributed by atoms with Gasteiger partial charge < -0.3 is 15.0 Å². The second kappa shape index (κ2) is 9.20. The van der Waals surface area contributed by atoms with Gasteiger partial charge in [-0.1, -0.05) is 41.9 Å². The van der Waals surface area contributed by atoms with Crippen LogP contribution in [0.1, 0.15) is 5.56 Å². The maximum atomic E-state index is 14.4. The van der Waals surface area contributed by atoms with Gasteiger partial charge in [0.15, 0.2) is 17.5 Å². The molecule has 1 atom stereocenters. The predicted octanol–water partition coefficient (Wildman–Crippen LogP) is 4.13. The van der Waals surface area contributed by atoms with E-state index in [1.54, 1.807) is 18.5 Å². The molecule has 4 aromatic rings. The molecule has 3 aromatic heterocycles. The number of H-pyrrole nitrogens is 1. The Morgan fingerprint density at radius 2 is 2.09 bits per heavy atom. The fourth-order valence-electron chi connectivity index (χ4n) is 3.88. The number of fused-ring (bicyclic) bond motifs is 1. The zero-order valence-electron chi connectivity index (χ0n) is 17.3. The van der Waals surface area contributed by atoms with Gasteiger partial charge in [-0.15, -0.1) is 0 Å². The van der Waals surface area contributed by atoms with Crippen LogP contribution in [-0.4, -0.2) is 57.2 Å². The van der Waals surface area contributed by atoms with Gasteiger partial charge in [0.25, 0.3) is 0 Å². The van der Waals surface area contributed by atoms with Crippen LogP contribution in [-0.2, 0) is 11.3 Å². The van der Waals surface area contributed by atoms with Crippen LogP contribution in [0.25, 0.3) is 22.4 Å². The fraction of sp³-hybridized carbons (Fsp3) is 0.261. The molecule has 164 valence electrons. The summed E-state index contributed by atoms with van der Waals surface area (Å²) in [5.74, 6) is 0.0179. The van der Waals surface area contributed by atoms with Gasteiger partial charge in [-0.25, -0.2) is 19.3 Å². The van der Waals surface area contributed by atoms with Gasteiger partial charge in [-0.3, -0.25) is 4.90 Å². The average molecular weight is 453 g/mol. The molecule has 1 aliphatic heterocycles. The normalized spacial score (nSPS) is 17.0. The predicted molar refractivity (Wildman–Crippen MR) is 122 cm³/mol. The van der Waals surface area contributed by atoms with Crippen LogP contribution < -0.4 is 5.32 Å². The van der Waals surface area contributed by atoms with E-state index in [1.807, 2.05) is 18.2 Å². The minimum absolute atomic E-state index is 0.0682. The molecular weight excluding hydrogens is 431 g/mol. The van der Waals surface area contributed by atoms with Crippen molar-refractivity contribution in [2.24, 2.45) is 0 Å². The first kappa shape index (κ1) is 20.8. The summed E-state index contributed by atoms with van der Waals surface area (Å²) >= 11 is 6.08. The standard InChI is InChI=1S/C23H22ClFN6O/c24-16-8-18-19(11-28-21(18)26-9-16)22-29-12-20(25)23(30-22)27-10-17-14-31(6-7-32-17)13-15-4-2-1-3-5-15/h1-5,8-9,11-12,17H,6-7,10,13-14H2,(H,26,28)(H,27,29,30). The third-order valence-electron chi connectivity index (χ3n) is 5.45. The molecule has 0 radical (unpaired) electrons. The summed E-state index contributed by atoms with van der Waals surface area (Å²) in [7, 11) is 0. The summed E-state index contributed by atoms with van der Waals surface area (Å²) in [5, 5.41) is 4.39. The van der Waals surface area contributed by atoms with E-state index in [-0.39, 0.29) is 11.9 Å². The average Bonchev–Trinajstić information content (AvgIpc) is 3.22. The van der Waals surface area contributed by atoms with E-state index < -0.39 is 5.82 Å². The van der Waals surface area contributed by atoms with Crippen molar-refractivity contribution in [1.29, 1.82) is 0 Å². The lowest BCUT2D eigenvalue weighted by Gasteiger charge is -2.33. The highest BCUT2D eigenvalue weighted by Crippen LogP contribution is 2.28. The Balaban J connectivity index is 1.28. The molecule has 5 rings (SSSR count). The lowest BCUT2D eigenvalue weighted by Crippen LogP contribution is -2.44. The van der Waals surface area contributed by atoms with Gasteiger partial charge in [-0.2, -0.15) is 0 Å². The first-order chi connectivity index (χ1) is 15.7. The Labute approximate surface area is 189 Å². The Morgan fingerprint density at radius 3 is 2.97 bits per heavy atom. The molecule has 1 aromatic carbocycles. The summed E-state index contributed by atoms with van der Waals surface area (Å²) in [6, 6.07) is 12.1. The van der Waals surface area contributed by atoms with Crippen molar-refractivity contribution in [1.82, 2.24) is 24.8 Å². The van der Waals surface area contributed by atoms with Gasteiger partial charge in [0, 0.05) is 49.5 Å². The number of hydrogen-bond acceptors (Lipinski definition) is 6. The smallest absolute Gasteiger partial charge is 0.183 e. The van der Waals surface area contributed by atoms with Crippen LogP contribution >= 0.6 is 11.6 Å². The van der Waals surface area contributed by atoms with Crippen LogP contribution in [0.3, 0.4) is 0 Å². The lowest BCUT2D eigenvalue weighted by molar-refractivity contribution is -0.0241. The molecule has 9 heteroatoms. The highest BCUT2D eigenvalue weighted by Gasteiger charge is 2.21. The van der Waals surface area contributed by atoms with Gasteiger partial charge >= 0.3 is 0 Å². The van der Waals surface area contributed by atoms with Crippen LogP contribution in [0.15, 0.2) is 55.0 Å². The lowest BCUT2D eigenvalue weighted by atomic mass is 10.2. The highest BCUT2D eigenvalue weighted by atomic mass is 35.5. The molecule has 0 bridgehead atoms. The molecule has 0 aliphatic carbocycles. The van der Waals surface area contributed by atoms with Crippen molar-refractivity contribution in [2.75, 3.05) is 31.6 Å². The summed E-state index contributed by atoms with van der Waals surface area (Å²) < 4.78 is 20.3. The quantitative estimate of drug-likeness (QED) is 0.458. The largest absolute Gasteiger partial charge is 0.374 e. The van der Waals surface area contributed by atoms with E-state index in [0.29, 0.717) is 35.2 Å². The monoisotopic (exact) mass is 452 g/mol. The molecule has 2 N–H and O–H groups in total. The van der Waals surface area contributed by atoms with E-state index in [4.69, 9.17) is 16.3 Å². The Morgan fingerprint density at radius 1 is 1.22 bits per heavy atom. The molecule has 7 nitrogen and oxygen atoms in total. The van der Waals surface area contributed by atoms with Crippen LogP contribution in [0.4, 0.5) is 10.2 Å². The van der Waals surface area contributed by atoms with Crippen molar-refractivity contribution >= 4 is 28.5 Å². The van der Waals surface area contributed by atoms with E-state index in [9.17, 15) is 4.39 Å². The topological polar surface area (TPSA) is 79.0 Å². The number of hydrogen-bond donors (Lipinski definition) is 2. The second-order valence-electron chi connectivity index (χ2n) is 7.74. The van der Waals surface area contributed by atoms with Crippen molar-refractivity contribution in [3.63, 3.8) is 0 Å². The number of morpholine rings is 1. The number of benzene rings is 1. The number of ether oxygens (including phenoxy) is 1. The van der Waals surface area contributed by atoms with Crippen LogP contribution in [0, 0.1) is 5.82 Å². The Bertz CT molecular complexity index is 1220. The minimum atomic E-state index is -0.512. The maximum absolute atomic E-state index is 14.4. The number of rotatable bonds is 6. The first-order valence-electron chi connectivity index (χ1n) is 10.4. The number of halogens is 2. The summed E-state index contributed by atoms with van der Waals surface area (Å²) in [6.45, 7) is 3.58. The second-order valence-corrected chi connectivity index (χ2v) is 8.17. The molecule has 0 amide bonds. The zero-order valence-corrected chi connectivity index (χ0v) is 18.0. The molecule has 1 unspecified atom stereocenters. The number of nitrogens with one attached hydrogen (secondary N) is 2. The van der Waals surface area contributed by atoms with E-state index in [2.05, 4.69) is 42.3 Å². The summed E-state index contributed by atoms with van der Waals surface area (Å²) in [5.41, 5.74) is 2.64. The van der Waals surface area contributed by atoms with Crippen molar-refractivity contribution in [2.45, 2.75) is 12.6 Å². The molecule has 0 spiro atoms.